The van der Waals surface area contributed by atoms with Crippen LogP contribution in [0.2, 0.25) is 0 Å². The molecule has 0 aliphatic heterocycles. The summed E-state index contributed by atoms with van der Waals surface area (Å²) in [5.41, 5.74) is 4.75. The number of anilines is 1. The van der Waals surface area contributed by atoms with E-state index < -0.39 is 7.41 Å². The lowest BCUT2D eigenvalue weighted by Gasteiger charge is -2.35. The van der Waals surface area contributed by atoms with Crippen molar-refractivity contribution in [3.05, 3.63) is 90.0 Å². The van der Waals surface area contributed by atoms with E-state index in [1.807, 2.05) is 0 Å². The van der Waals surface area contributed by atoms with Crippen molar-refractivity contribution in [2.75, 3.05) is 5.09 Å². The van der Waals surface area contributed by atoms with E-state index in [1.165, 1.54) is 46.7 Å². The molecule has 0 aliphatic rings. The summed E-state index contributed by atoms with van der Waals surface area (Å²) in [7, 11) is -1.93. The van der Waals surface area contributed by atoms with Crippen LogP contribution in [0, 0.1) is 0 Å². The van der Waals surface area contributed by atoms with E-state index in [4.69, 9.17) is 0 Å². The number of hydrogen-bond acceptors (Lipinski definition) is 1. The van der Waals surface area contributed by atoms with Crippen molar-refractivity contribution >= 4 is 23.7 Å². The summed E-state index contributed by atoms with van der Waals surface area (Å²) < 4.78 is 0. The monoisotopic (exact) mass is 446 g/mol. The highest BCUT2D eigenvalue weighted by molar-refractivity contribution is 7.91. The van der Waals surface area contributed by atoms with E-state index >= 15 is 0 Å². The van der Waals surface area contributed by atoms with Crippen LogP contribution in [-0.2, 0) is 0 Å². The topological polar surface area (TPSA) is 12.0 Å². The quantitative estimate of drug-likeness (QED) is 0.308. The summed E-state index contributed by atoms with van der Waals surface area (Å²) >= 11 is 0. The number of unbranched alkanes of at least 4 members (excludes halogenated alkanes) is 1. The second-order valence-corrected chi connectivity index (χ2v) is 13.2. The molecule has 170 valence electrons. The second-order valence-electron chi connectivity index (χ2n) is 9.62. The predicted octanol–water partition coefficient (Wildman–Crippen LogP) is 8.51. The summed E-state index contributed by atoms with van der Waals surface area (Å²) in [5.74, 6) is 0.936. The molecule has 0 radical (unpaired) electrons. The summed E-state index contributed by atoms with van der Waals surface area (Å²) in [5, 5.41) is 7.24. The van der Waals surface area contributed by atoms with Crippen LogP contribution in [0.5, 0.6) is 0 Å². The average molecular weight is 447 g/mol. The molecular weight excluding hydrogens is 405 g/mol. The zero-order valence-electron chi connectivity index (χ0n) is 20.8. The van der Waals surface area contributed by atoms with Gasteiger partial charge in [-0.2, -0.15) is 0 Å². The minimum Gasteiger partial charge on any atom is -0.250 e. The van der Waals surface area contributed by atoms with Crippen LogP contribution < -0.4 is 15.7 Å². The number of rotatable bonds is 10. The maximum Gasteiger partial charge on any atom is 0.169 e. The molecule has 0 saturated heterocycles. The first kappa shape index (κ1) is 24.5. The van der Waals surface area contributed by atoms with Crippen LogP contribution in [0.3, 0.4) is 0 Å². The Hall–Kier alpha value is -2.11. The zero-order chi connectivity index (χ0) is 23.1. The van der Waals surface area contributed by atoms with E-state index in [0.717, 1.165) is 0 Å². The molecule has 0 spiro atoms. The van der Waals surface area contributed by atoms with Gasteiger partial charge in [0.1, 0.15) is 10.6 Å². The predicted molar refractivity (Wildman–Crippen MR) is 146 cm³/mol. The Morgan fingerprint density at radius 1 is 0.656 bits per heavy atom. The lowest BCUT2D eigenvalue weighted by molar-refractivity contribution is 0.706. The molecule has 32 heavy (non-hydrogen) atoms. The fourth-order valence-electron chi connectivity index (χ4n) is 4.77. The molecule has 0 heterocycles. The maximum absolute atomic E-state index is 4.34. The Morgan fingerprint density at radius 2 is 1.12 bits per heavy atom. The normalized spacial score (nSPS) is 12.9. The summed E-state index contributed by atoms with van der Waals surface area (Å²) in [6.07, 6.45) is 3.71. The van der Waals surface area contributed by atoms with Crippen molar-refractivity contribution in [1.82, 2.24) is 0 Å². The summed E-state index contributed by atoms with van der Waals surface area (Å²) in [6, 6.07) is 29.4. The standard InChI is InChI=1S/C30H41NP/c1-7-8-16-25(6)32(26-17-11-9-12-18-26,27-19-13-10-14-20-27)31-30-28(23(2)3)21-15-22-29(30)24(4)5/h9-15,17-25,31H,7-8,16H2,1-6H3/q+1. The number of hydrogen-bond donors (Lipinski definition) is 1. The lowest BCUT2D eigenvalue weighted by atomic mass is 9.93. The average Bonchev–Trinajstić information content (AvgIpc) is 2.81. The first-order valence-corrected chi connectivity index (χ1v) is 14.2. The van der Waals surface area contributed by atoms with Gasteiger partial charge >= 0.3 is 0 Å². The van der Waals surface area contributed by atoms with Gasteiger partial charge in [0.05, 0.1) is 11.3 Å². The van der Waals surface area contributed by atoms with Gasteiger partial charge in [0.2, 0.25) is 0 Å². The highest BCUT2D eigenvalue weighted by Crippen LogP contribution is 2.62. The minimum atomic E-state index is -1.93. The van der Waals surface area contributed by atoms with Gasteiger partial charge < -0.3 is 0 Å². The van der Waals surface area contributed by atoms with E-state index in [2.05, 4.69) is 125 Å². The summed E-state index contributed by atoms with van der Waals surface area (Å²) in [4.78, 5) is 0. The molecule has 0 saturated carbocycles. The molecule has 0 aliphatic carbocycles. The molecule has 0 amide bonds. The summed E-state index contributed by atoms with van der Waals surface area (Å²) in [6.45, 7) is 14.0. The Bertz CT molecular complexity index is 897. The lowest BCUT2D eigenvalue weighted by Crippen LogP contribution is -2.35. The first-order chi connectivity index (χ1) is 15.4. The van der Waals surface area contributed by atoms with Gasteiger partial charge in [-0.15, -0.1) is 0 Å². The molecule has 0 aromatic heterocycles. The van der Waals surface area contributed by atoms with Crippen LogP contribution in [-0.4, -0.2) is 5.66 Å². The molecule has 1 atom stereocenters. The maximum atomic E-state index is 4.34. The third-order valence-electron chi connectivity index (χ3n) is 6.62. The van der Waals surface area contributed by atoms with Crippen LogP contribution in [0.4, 0.5) is 5.69 Å². The molecule has 3 aromatic carbocycles. The van der Waals surface area contributed by atoms with Gasteiger partial charge in [-0.05, 0) is 67.0 Å². The minimum absolute atomic E-state index is 0.468. The highest BCUT2D eigenvalue weighted by Gasteiger charge is 2.49. The fourth-order valence-corrected chi connectivity index (χ4v) is 9.03. The molecule has 3 aromatic rings. The Labute approximate surface area is 197 Å². The third kappa shape index (κ3) is 5.10. The van der Waals surface area contributed by atoms with Gasteiger partial charge in [-0.1, -0.05) is 95.6 Å². The second kappa shape index (κ2) is 11.2. The Kier molecular flexibility index (Phi) is 8.55. The Balaban J connectivity index is 2.31. The van der Waals surface area contributed by atoms with Gasteiger partial charge in [0.25, 0.3) is 0 Å². The van der Waals surface area contributed by atoms with Crippen molar-refractivity contribution < 1.29 is 0 Å². The first-order valence-electron chi connectivity index (χ1n) is 12.3. The van der Waals surface area contributed by atoms with Crippen LogP contribution >= 0.6 is 7.41 Å². The molecule has 0 fully saturated rings. The zero-order valence-corrected chi connectivity index (χ0v) is 21.7. The van der Waals surface area contributed by atoms with Crippen LogP contribution in [0.15, 0.2) is 78.9 Å². The van der Waals surface area contributed by atoms with Gasteiger partial charge in [0, 0.05) is 0 Å². The van der Waals surface area contributed by atoms with Gasteiger partial charge in [0.15, 0.2) is 7.41 Å². The largest absolute Gasteiger partial charge is 0.250 e. The highest BCUT2D eigenvalue weighted by atomic mass is 31.2. The molecule has 0 bridgehead atoms. The molecule has 1 unspecified atom stereocenters. The molecule has 1 nitrogen and oxygen atoms in total. The molecule has 3 rings (SSSR count). The van der Waals surface area contributed by atoms with Crippen molar-refractivity contribution in [1.29, 1.82) is 0 Å². The van der Waals surface area contributed by atoms with Gasteiger partial charge in [-0.25, -0.2) is 0 Å². The van der Waals surface area contributed by atoms with Crippen molar-refractivity contribution in [3.63, 3.8) is 0 Å². The van der Waals surface area contributed by atoms with E-state index in [-0.39, 0.29) is 0 Å². The van der Waals surface area contributed by atoms with Crippen molar-refractivity contribution in [2.45, 2.75) is 78.3 Å². The molecule has 2 heteroatoms. The van der Waals surface area contributed by atoms with Crippen LogP contribution in [0.1, 0.15) is 83.8 Å². The van der Waals surface area contributed by atoms with Crippen molar-refractivity contribution in [2.24, 2.45) is 0 Å². The van der Waals surface area contributed by atoms with E-state index in [0.29, 0.717) is 17.5 Å². The SMILES string of the molecule is CCCCC(C)[P+](Nc1c(C(C)C)cccc1C(C)C)(c1ccccc1)c1ccccc1. The number of benzene rings is 3. The molecular formula is C30H41NP+. The van der Waals surface area contributed by atoms with E-state index in [9.17, 15) is 0 Å². The molecule has 1 N–H and O–H groups in total. The number of para-hydroxylation sites is 1. The third-order valence-corrected chi connectivity index (χ3v) is 11.0. The Morgan fingerprint density at radius 3 is 1.53 bits per heavy atom. The van der Waals surface area contributed by atoms with Crippen molar-refractivity contribution in [3.8, 4) is 0 Å². The number of nitrogens with one attached hydrogen (secondary N) is 1. The van der Waals surface area contributed by atoms with E-state index in [1.54, 1.807) is 0 Å². The van der Waals surface area contributed by atoms with Crippen LogP contribution in [0.25, 0.3) is 0 Å². The smallest absolute Gasteiger partial charge is 0.169 e. The fraction of sp³-hybridized carbons (Fsp3) is 0.400. The van der Waals surface area contributed by atoms with Gasteiger partial charge in [-0.3, -0.25) is 5.09 Å².